The van der Waals surface area contributed by atoms with Crippen molar-refractivity contribution >= 4 is 27.7 Å². The standard InChI is InChI=1S/C25H17NO2/c1-16-11-12-21-19(13-16)14-20(17-7-3-2-4-8-17)24(26-21)25(27)23-15-18-9-5-6-10-22(18)28-23/h2-15H,1H3. The fourth-order valence-electron chi connectivity index (χ4n) is 3.52. The summed E-state index contributed by atoms with van der Waals surface area (Å²) in [7, 11) is 0. The zero-order chi connectivity index (χ0) is 19.1. The van der Waals surface area contributed by atoms with Gasteiger partial charge in [0.1, 0.15) is 11.3 Å². The average Bonchev–Trinajstić information content (AvgIpc) is 3.17. The summed E-state index contributed by atoms with van der Waals surface area (Å²) in [6.07, 6.45) is 0. The first kappa shape index (κ1) is 16.5. The van der Waals surface area contributed by atoms with E-state index in [1.165, 1.54) is 0 Å². The number of nitrogens with zero attached hydrogens (tertiary/aromatic N) is 1. The highest BCUT2D eigenvalue weighted by molar-refractivity contribution is 6.12. The number of para-hydroxylation sites is 1. The molecule has 0 bridgehead atoms. The van der Waals surface area contributed by atoms with Gasteiger partial charge in [-0.1, -0.05) is 60.2 Å². The molecule has 0 spiro atoms. The fraction of sp³-hybridized carbons (Fsp3) is 0.0400. The Morgan fingerprint density at radius 3 is 2.43 bits per heavy atom. The minimum absolute atomic E-state index is 0.211. The number of hydrogen-bond donors (Lipinski definition) is 0. The van der Waals surface area contributed by atoms with E-state index in [0.717, 1.165) is 33.0 Å². The molecular formula is C25H17NO2. The lowest BCUT2D eigenvalue weighted by molar-refractivity contribution is 0.101. The Morgan fingerprint density at radius 2 is 1.61 bits per heavy atom. The molecule has 0 aliphatic rings. The predicted molar refractivity (Wildman–Crippen MR) is 112 cm³/mol. The number of carbonyl (C=O) groups is 1. The molecule has 5 rings (SSSR count). The third-order valence-electron chi connectivity index (χ3n) is 4.92. The smallest absolute Gasteiger partial charge is 0.247 e. The van der Waals surface area contributed by atoms with Crippen molar-refractivity contribution in [1.29, 1.82) is 0 Å². The number of benzene rings is 3. The highest BCUT2D eigenvalue weighted by Gasteiger charge is 2.21. The van der Waals surface area contributed by atoms with Crippen molar-refractivity contribution in [2.75, 3.05) is 0 Å². The van der Waals surface area contributed by atoms with Gasteiger partial charge in [0.15, 0.2) is 5.76 Å². The van der Waals surface area contributed by atoms with Crippen molar-refractivity contribution in [3.05, 3.63) is 102 Å². The van der Waals surface area contributed by atoms with Crippen LogP contribution in [0.3, 0.4) is 0 Å². The van der Waals surface area contributed by atoms with Crippen LogP contribution in [0.1, 0.15) is 21.8 Å². The number of fused-ring (bicyclic) bond motifs is 2. The highest BCUT2D eigenvalue weighted by atomic mass is 16.3. The predicted octanol–water partition coefficient (Wildman–Crippen LogP) is 6.19. The van der Waals surface area contributed by atoms with Crippen molar-refractivity contribution in [2.24, 2.45) is 0 Å². The van der Waals surface area contributed by atoms with Gasteiger partial charge in [-0.3, -0.25) is 4.79 Å². The van der Waals surface area contributed by atoms with Gasteiger partial charge in [0, 0.05) is 16.3 Å². The van der Waals surface area contributed by atoms with Crippen molar-refractivity contribution in [3.63, 3.8) is 0 Å². The molecule has 3 nitrogen and oxygen atoms in total. The minimum atomic E-state index is -0.211. The van der Waals surface area contributed by atoms with Gasteiger partial charge in [-0.15, -0.1) is 0 Å². The Bertz CT molecular complexity index is 1300. The maximum absolute atomic E-state index is 13.4. The summed E-state index contributed by atoms with van der Waals surface area (Å²) in [5.41, 5.74) is 4.82. The van der Waals surface area contributed by atoms with Gasteiger partial charge in [0.2, 0.25) is 5.78 Å². The molecule has 2 heterocycles. The number of carbonyl (C=O) groups excluding carboxylic acids is 1. The normalized spacial score (nSPS) is 11.2. The van der Waals surface area contributed by atoms with Crippen LogP contribution in [-0.2, 0) is 0 Å². The van der Waals surface area contributed by atoms with Crippen LogP contribution in [-0.4, -0.2) is 10.8 Å². The molecule has 134 valence electrons. The number of aryl methyl sites for hydroxylation is 1. The molecule has 2 aromatic heterocycles. The van der Waals surface area contributed by atoms with E-state index in [1.54, 1.807) is 6.07 Å². The molecular weight excluding hydrogens is 346 g/mol. The van der Waals surface area contributed by atoms with Gasteiger partial charge in [-0.05, 0) is 42.8 Å². The van der Waals surface area contributed by atoms with Crippen LogP contribution in [0.15, 0.2) is 89.3 Å². The van der Waals surface area contributed by atoms with E-state index in [9.17, 15) is 4.79 Å². The number of hydrogen-bond acceptors (Lipinski definition) is 3. The summed E-state index contributed by atoms with van der Waals surface area (Å²) < 4.78 is 5.82. The maximum Gasteiger partial charge on any atom is 0.247 e. The number of pyridine rings is 1. The number of furan rings is 1. The second-order valence-corrected chi connectivity index (χ2v) is 6.92. The first-order valence-corrected chi connectivity index (χ1v) is 9.19. The van der Waals surface area contributed by atoms with E-state index < -0.39 is 0 Å². The Labute approximate surface area is 162 Å². The molecule has 0 saturated heterocycles. The second kappa shape index (κ2) is 6.46. The van der Waals surface area contributed by atoms with Gasteiger partial charge in [-0.25, -0.2) is 4.98 Å². The summed E-state index contributed by atoms with van der Waals surface area (Å²) >= 11 is 0. The third-order valence-corrected chi connectivity index (χ3v) is 4.92. The Kier molecular flexibility index (Phi) is 3.80. The van der Waals surface area contributed by atoms with Crippen molar-refractivity contribution in [1.82, 2.24) is 4.98 Å². The van der Waals surface area contributed by atoms with Gasteiger partial charge in [-0.2, -0.15) is 0 Å². The summed E-state index contributed by atoms with van der Waals surface area (Å²) in [5, 5.41) is 1.92. The van der Waals surface area contributed by atoms with Crippen LogP contribution in [0, 0.1) is 6.92 Å². The van der Waals surface area contributed by atoms with E-state index >= 15 is 0 Å². The van der Waals surface area contributed by atoms with Gasteiger partial charge >= 0.3 is 0 Å². The van der Waals surface area contributed by atoms with E-state index in [1.807, 2.05) is 72.8 Å². The summed E-state index contributed by atoms with van der Waals surface area (Å²) in [4.78, 5) is 18.1. The summed E-state index contributed by atoms with van der Waals surface area (Å²) in [5.74, 6) is 0.0925. The molecule has 28 heavy (non-hydrogen) atoms. The quantitative estimate of drug-likeness (QED) is 0.359. The molecule has 0 atom stereocenters. The molecule has 0 saturated carbocycles. The topological polar surface area (TPSA) is 43.1 Å². The zero-order valence-electron chi connectivity index (χ0n) is 15.3. The molecule has 3 heteroatoms. The molecule has 0 aliphatic carbocycles. The second-order valence-electron chi connectivity index (χ2n) is 6.92. The Hall–Kier alpha value is -3.72. The van der Waals surface area contributed by atoms with Crippen molar-refractivity contribution in [3.8, 4) is 11.1 Å². The van der Waals surface area contributed by atoms with Crippen LogP contribution in [0.25, 0.3) is 33.0 Å². The number of rotatable bonds is 3. The molecule has 0 unspecified atom stereocenters. The highest BCUT2D eigenvalue weighted by Crippen LogP contribution is 2.30. The molecule has 0 amide bonds. The maximum atomic E-state index is 13.4. The van der Waals surface area contributed by atoms with Gasteiger partial charge in [0.05, 0.1) is 5.52 Å². The van der Waals surface area contributed by atoms with Gasteiger partial charge < -0.3 is 4.42 Å². The molecule has 0 radical (unpaired) electrons. The van der Waals surface area contributed by atoms with Crippen LogP contribution in [0.2, 0.25) is 0 Å². The van der Waals surface area contributed by atoms with E-state index in [0.29, 0.717) is 17.0 Å². The Morgan fingerprint density at radius 1 is 0.821 bits per heavy atom. The largest absolute Gasteiger partial charge is 0.453 e. The van der Waals surface area contributed by atoms with E-state index in [-0.39, 0.29) is 5.78 Å². The van der Waals surface area contributed by atoms with Crippen LogP contribution in [0.5, 0.6) is 0 Å². The van der Waals surface area contributed by atoms with E-state index in [4.69, 9.17) is 9.40 Å². The molecule has 3 aromatic carbocycles. The number of ketones is 1. The first-order valence-electron chi connectivity index (χ1n) is 9.19. The lowest BCUT2D eigenvalue weighted by atomic mass is 9.98. The molecule has 0 N–H and O–H groups in total. The fourth-order valence-corrected chi connectivity index (χ4v) is 3.52. The van der Waals surface area contributed by atoms with Gasteiger partial charge in [0.25, 0.3) is 0 Å². The van der Waals surface area contributed by atoms with Crippen molar-refractivity contribution < 1.29 is 9.21 Å². The summed E-state index contributed by atoms with van der Waals surface area (Å²) in [6, 6.07) is 27.4. The molecule has 0 aliphatic heterocycles. The van der Waals surface area contributed by atoms with Crippen molar-refractivity contribution in [2.45, 2.75) is 6.92 Å². The van der Waals surface area contributed by atoms with E-state index in [2.05, 4.69) is 13.0 Å². The SMILES string of the molecule is Cc1ccc2nc(C(=O)c3cc4ccccc4o3)c(-c3ccccc3)cc2c1. The lowest BCUT2D eigenvalue weighted by Gasteiger charge is -2.10. The Balaban J connectivity index is 1.74. The average molecular weight is 363 g/mol. The molecule has 0 fully saturated rings. The lowest BCUT2D eigenvalue weighted by Crippen LogP contribution is -2.06. The zero-order valence-corrected chi connectivity index (χ0v) is 15.3. The third kappa shape index (κ3) is 2.78. The minimum Gasteiger partial charge on any atom is -0.453 e. The van der Waals surface area contributed by atoms with Crippen LogP contribution in [0.4, 0.5) is 0 Å². The van der Waals surface area contributed by atoms with Crippen LogP contribution >= 0.6 is 0 Å². The monoisotopic (exact) mass is 363 g/mol. The van der Waals surface area contributed by atoms with Crippen LogP contribution < -0.4 is 0 Å². The number of aromatic nitrogens is 1. The molecule has 5 aromatic rings. The first-order chi connectivity index (χ1) is 13.7. The summed E-state index contributed by atoms with van der Waals surface area (Å²) in [6.45, 7) is 2.05.